The summed E-state index contributed by atoms with van der Waals surface area (Å²) in [5, 5.41) is 3.82. The van der Waals surface area contributed by atoms with E-state index in [-0.39, 0.29) is 12.6 Å². The third kappa shape index (κ3) is 5.62. The number of ether oxygens (including phenoxy) is 1. The van der Waals surface area contributed by atoms with E-state index >= 15 is 0 Å². The molecular formula is C21H23N5O3. The molecule has 1 fully saturated rings. The van der Waals surface area contributed by atoms with Gasteiger partial charge in [0.25, 0.3) is 0 Å². The molecular weight excluding hydrogens is 370 g/mol. The zero-order chi connectivity index (χ0) is 20.5. The minimum absolute atomic E-state index is 0.0878. The van der Waals surface area contributed by atoms with Crippen LogP contribution in [0.25, 0.3) is 0 Å². The van der Waals surface area contributed by atoms with E-state index in [1.165, 1.54) is 0 Å². The molecule has 0 atom stereocenters. The van der Waals surface area contributed by atoms with E-state index in [0.717, 1.165) is 11.3 Å². The van der Waals surface area contributed by atoms with Crippen LogP contribution in [0.15, 0.2) is 47.8 Å². The van der Waals surface area contributed by atoms with Gasteiger partial charge in [-0.1, -0.05) is 17.0 Å². The first-order chi connectivity index (χ1) is 14.2. The maximum atomic E-state index is 12.5. The molecule has 0 radical (unpaired) electrons. The quantitative estimate of drug-likeness (QED) is 0.443. The Hall–Kier alpha value is -3.73. The third-order valence-corrected chi connectivity index (χ3v) is 4.16. The lowest BCUT2D eigenvalue weighted by atomic mass is 10.2. The Morgan fingerprint density at radius 2 is 2.07 bits per heavy atom. The van der Waals surface area contributed by atoms with Gasteiger partial charge < -0.3 is 20.2 Å². The number of aromatic nitrogens is 1. The van der Waals surface area contributed by atoms with E-state index in [1.807, 2.05) is 31.2 Å². The summed E-state index contributed by atoms with van der Waals surface area (Å²) in [5.41, 5.74) is 7.36. The summed E-state index contributed by atoms with van der Waals surface area (Å²) >= 11 is 0. The predicted octanol–water partition coefficient (Wildman–Crippen LogP) is 2.36. The van der Waals surface area contributed by atoms with Gasteiger partial charge in [0, 0.05) is 25.4 Å². The van der Waals surface area contributed by atoms with Gasteiger partial charge in [0.05, 0.1) is 18.4 Å². The summed E-state index contributed by atoms with van der Waals surface area (Å²) in [6.07, 6.45) is 3.24. The van der Waals surface area contributed by atoms with Crippen LogP contribution in [-0.4, -0.2) is 55.0 Å². The minimum Gasteiger partial charge on any atom is -0.481 e. The van der Waals surface area contributed by atoms with E-state index in [1.54, 1.807) is 34.3 Å². The number of nitrogen functional groups attached to an aromatic ring is 1. The van der Waals surface area contributed by atoms with Crippen molar-refractivity contribution in [1.82, 2.24) is 9.88 Å². The average molecular weight is 393 g/mol. The first kappa shape index (κ1) is 20.0. The van der Waals surface area contributed by atoms with Crippen molar-refractivity contribution in [2.75, 3.05) is 43.5 Å². The number of carbonyl (C=O) groups is 1. The molecule has 2 N–H and O–H groups in total. The molecule has 0 bridgehead atoms. The van der Waals surface area contributed by atoms with Crippen molar-refractivity contribution in [3.63, 3.8) is 0 Å². The van der Waals surface area contributed by atoms with Crippen molar-refractivity contribution in [3.05, 3.63) is 48.2 Å². The number of amides is 2. The zero-order valence-electron chi connectivity index (χ0n) is 16.2. The SMILES string of the molecule is CCO/N=C/c1ccc(OCC#CCN2CCN(c3ccnc(N)c3)C2=O)cc1. The van der Waals surface area contributed by atoms with Gasteiger partial charge in [-0.3, -0.25) is 4.90 Å². The Morgan fingerprint density at radius 3 is 2.83 bits per heavy atom. The minimum atomic E-state index is -0.0878. The monoisotopic (exact) mass is 393 g/mol. The fraction of sp³-hybridized carbons (Fsp3) is 0.286. The molecule has 8 nitrogen and oxygen atoms in total. The molecule has 1 aliphatic heterocycles. The van der Waals surface area contributed by atoms with Crippen molar-refractivity contribution in [2.45, 2.75) is 6.92 Å². The number of carbonyl (C=O) groups excluding carboxylic acids is 1. The number of rotatable bonds is 7. The van der Waals surface area contributed by atoms with E-state index < -0.39 is 0 Å². The summed E-state index contributed by atoms with van der Waals surface area (Å²) in [4.78, 5) is 24.7. The maximum Gasteiger partial charge on any atom is 0.325 e. The summed E-state index contributed by atoms with van der Waals surface area (Å²) in [5.74, 6) is 7.03. The molecule has 1 aromatic heterocycles. The Morgan fingerprint density at radius 1 is 1.24 bits per heavy atom. The highest BCUT2D eigenvalue weighted by molar-refractivity contribution is 5.94. The summed E-state index contributed by atoms with van der Waals surface area (Å²) in [7, 11) is 0. The van der Waals surface area contributed by atoms with Crippen molar-refractivity contribution in [2.24, 2.45) is 5.16 Å². The number of hydrogen-bond donors (Lipinski definition) is 1. The highest BCUT2D eigenvalue weighted by Crippen LogP contribution is 2.20. The number of oxime groups is 1. The van der Waals surface area contributed by atoms with Crippen LogP contribution >= 0.6 is 0 Å². The molecule has 1 aliphatic rings. The fourth-order valence-electron chi connectivity index (χ4n) is 2.72. The first-order valence-electron chi connectivity index (χ1n) is 9.29. The number of nitrogens with two attached hydrogens (primary N) is 1. The van der Waals surface area contributed by atoms with Gasteiger partial charge in [0.15, 0.2) is 0 Å². The normalized spacial score (nSPS) is 13.5. The van der Waals surface area contributed by atoms with Crippen molar-refractivity contribution >= 4 is 23.8 Å². The van der Waals surface area contributed by atoms with Gasteiger partial charge in [-0.15, -0.1) is 0 Å². The van der Waals surface area contributed by atoms with Gasteiger partial charge >= 0.3 is 6.03 Å². The van der Waals surface area contributed by atoms with Crippen LogP contribution in [0.1, 0.15) is 12.5 Å². The lowest BCUT2D eigenvalue weighted by Gasteiger charge is -2.17. The molecule has 0 saturated carbocycles. The van der Waals surface area contributed by atoms with E-state index in [0.29, 0.717) is 37.8 Å². The van der Waals surface area contributed by atoms with Gasteiger partial charge in [-0.25, -0.2) is 9.78 Å². The molecule has 1 aromatic carbocycles. The molecule has 2 amide bonds. The number of urea groups is 1. The second kappa shape index (κ2) is 9.99. The number of hydrogen-bond acceptors (Lipinski definition) is 6. The maximum absolute atomic E-state index is 12.5. The van der Waals surface area contributed by atoms with Gasteiger partial charge in [0.2, 0.25) is 0 Å². The Labute approximate surface area is 169 Å². The second-order valence-corrected chi connectivity index (χ2v) is 6.16. The lowest BCUT2D eigenvalue weighted by molar-refractivity contribution is 0.160. The number of anilines is 2. The van der Waals surface area contributed by atoms with Crippen LogP contribution < -0.4 is 15.4 Å². The first-order valence-corrected chi connectivity index (χ1v) is 9.29. The highest BCUT2D eigenvalue weighted by Gasteiger charge is 2.28. The molecule has 8 heteroatoms. The number of pyridine rings is 1. The standard InChI is InChI=1S/C21H23N5O3/c1-2-29-24-16-17-5-7-19(8-6-17)28-14-4-3-11-25-12-13-26(21(25)27)18-9-10-23-20(22)15-18/h5-10,15-16H,2,11-14H2,1H3,(H2,22,23)/b24-16+. The molecule has 3 rings (SSSR count). The number of nitrogens with zero attached hydrogens (tertiary/aromatic N) is 4. The smallest absolute Gasteiger partial charge is 0.325 e. The average Bonchev–Trinajstić information content (AvgIpc) is 3.09. The van der Waals surface area contributed by atoms with E-state index in [9.17, 15) is 4.79 Å². The predicted molar refractivity (Wildman–Crippen MR) is 112 cm³/mol. The Balaban J connectivity index is 1.44. The lowest BCUT2D eigenvalue weighted by Crippen LogP contribution is -2.32. The molecule has 1 saturated heterocycles. The van der Waals surface area contributed by atoms with Crippen molar-refractivity contribution in [1.29, 1.82) is 0 Å². The van der Waals surface area contributed by atoms with Gasteiger partial charge in [-0.05, 0) is 42.8 Å². The topological polar surface area (TPSA) is 93.3 Å². The molecule has 0 spiro atoms. The molecule has 2 aromatic rings. The second-order valence-electron chi connectivity index (χ2n) is 6.16. The highest BCUT2D eigenvalue weighted by atomic mass is 16.6. The van der Waals surface area contributed by atoms with Crippen LogP contribution in [0, 0.1) is 11.8 Å². The van der Waals surface area contributed by atoms with Crippen LogP contribution in [0.3, 0.4) is 0 Å². The molecule has 29 heavy (non-hydrogen) atoms. The van der Waals surface area contributed by atoms with Crippen molar-refractivity contribution < 1.29 is 14.4 Å². The van der Waals surface area contributed by atoms with Crippen LogP contribution in [0.4, 0.5) is 16.3 Å². The summed E-state index contributed by atoms with van der Waals surface area (Å²) in [6.45, 7) is 4.23. The Bertz CT molecular complexity index is 918. The van der Waals surface area contributed by atoms with Gasteiger partial charge in [0.1, 0.15) is 24.8 Å². The van der Waals surface area contributed by atoms with E-state index in [4.69, 9.17) is 15.3 Å². The van der Waals surface area contributed by atoms with Gasteiger partial charge in [-0.2, -0.15) is 0 Å². The summed E-state index contributed by atoms with van der Waals surface area (Å²) < 4.78 is 5.60. The molecule has 0 aliphatic carbocycles. The van der Waals surface area contributed by atoms with Crippen LogP contribution in [-0.2, 0) is 4.84 Å². The van der Waals surface area contributed by atoms with Crippen molar-refractivity contribution in [3.8, 4) is 17.6 Å². The van der Waals surface area contributed by atoms with E-state index in [2.05, 4.69) is 22.0 Å². The summed E-state index contributed by atoms with van der Waals surface area (Å²) in [6, 6.07) is 10.8. The molecule has 150 valence electrons. The van der Waals surface area contributed by atoms with Crippen LogP contribution in [0.5, 0.6) is 5.75 Å². The largest absolute Gasteiger partial charge is 0.481 e. The molecule has 0 unspecified atom stereocenters. The van der Waals surface area contributed by atoms with Crippen LogP contribution in [0.2, 0.25) is 0 Å². The Kier molecular flexibility index (Phi) is 6.90. The zero-order valence-corrected chi connectivity index (χ0v) is 16.2. The molecule has 2 heterocycles. The number of benzene rings is 1. The fourth-order valence-corrected chi connectivity index (χ4v) is 2.72. The third-order valence-electron chi connectivity index (χ3n) is 4.16.